The van der Waals surface area contributed by atoms with Gasteiger partial charge in [0.15, 0.2) is 0 Å². The zero-order chi connectivity index (χ0) is 20.5. The topological polar surface area (TPSA) is 87.7 Å². The van der Waals surface area contributed by atoms with Crippen molar-refractivity contribution in [3.8, 4) is 0 Å². The van der Waals surface area contributed by atoms with E-state index < -0.39 is 23.9 Å². The number of amides is 3. The minimum atomic E-state index is -0.700. The van der Waals surface area contributed by atoms with Gasteiger partial charge in [-0.05, 0) is 29.8 Å². The first-order valence-electron chi connectivity index (χ1n) is 8.72. The molecule has 0 saturated heterocycles. The molecule has 0 saturated carbocycles. The maximum atomic E-state index is 12.7. The van der Waals surface area contributed by atoms with Crippen molar-refractivity contribution in [1.82, 2.24) is 10.2 Å². The summed E-state index contributed by atoms with van der Waals surface area (Å²) in [7, 11) is 0. The zero-order valence-corrected chi connectivity index (χ0v) is 16.5. The predicted octanol–water partition coefficient (Wildman–Crippen LogP) is 3.51. The maximum Gasteiger partial charge on any atom is 0.338 e. The summed E-state index contributed by atoms with van der Waals surface area (Å²) in [4.78, 5) is 38.8. The number of hydrogen-bond acceptors (Lipinski definition) is 4. The van der Waals surface area contributed by atoms with E-state index in [9.17, 15) is 14.4 Å². The number of nitrogens with one attached hydrogen (secondary N) is 2. The van der Waals surface area contributed by atoms with E-state index >= 15 is 0 Å². The van der Waals surface area contributed by atoms with Crippen molar-refractivity contribution in [2.45, 2.75) is 6.04 Å². The van der Waals surface area contributed by atoms with E-state index in [2.05, 4.69) is 10.6 Å². The van der Waals surface area contributed by atoms with Gasteiger partial charge in [0.25, 0.3) is 0 Å². The van der Waals surface area contributed by atoms with Crippen LogP contribution < -0.4 is 10.6 Å². The lowest BCUT2D eigenvalue weighted by molar-refractivity contribution is -0.136. The second kappa shape index (κ2) is 7.77. The monoisotopic (exact) mass is 431 g/mol. The predicted molar refractivity (Wildman–Crippen MR) is 107 cm³/mol. The first-order valence-corrected chi connectivity index (χ1v) is 9.47. The molecule has 3 amide bonds. The molecule has 0 spiro atoms. The molecule has 2 heterocycles. The van der Waals surface area contributed by atoms with Crippen LogP contribution in [0.25, 0.3) is 0 Å². The lowest BCUT2D eigenvalue weighted by Crippen LogP contribution is -2.49. The molecule has 2 aliphatic rings. The molecular weight excluding hydrogens is 417 g/mol. The number of hydrogen-bond donors (Lipinski definition) is 2. The molecule has 2 N–H and O–H groups in total. The van der Waals surface area contributed by atoms with Gasteiger partial charge in [0.05, 0.1) is 28.0 Å². The van der Waals surface area contributed by atoms with Gasteiger partial charge in [-0.15, -0.1) is 0 Å². The van der Waals surface area contributed by atoms with Gasteiger partial charge in [-0.1, -0.05) is 47.5 Å². The smallest absolute Gasteiger partial charge is 0.338 e. The van der Waals surface area contributed by atoms with E-state index in [0.717, 1.165) is 0 Å². The molecule has 2 aliphatic heterocycles. The molecule has 0 aromatic heterocycles. The second-order valence-electron chi connectivity index (χ2n) is 6.49. The Balaban J connectivity index is 1.61. The molecule has 29 heavy (non-hydrogen) atoms. The van der Waals surface area contributed by atoms with Gasteiger partial charge in [-0.25, -0.2) is 9.59 Å². The van der Waals surface area contributed by atoms with Crippen molar-refractivity contribution in [3.05, 3.63) is 75.4 Å². The highest BCUT2D eigenvalue weighted by atomic mass is 35.5. The number of carbonyl (C=O) groups is 3. The molecule has 0 unspecified atom stereocenters. The molecule has 0 fully saturated rings. The third kappa shape index (κ3) is 3.79. The maximum absolute atomic E-state index is 12.7. The number of cyclic esters (lactones) is 1. The number of ether oxygens (including phenoxy) is 1. The Morgan fingerprint density at radius 3 is 2.72 bits per heavy atom. The summed E-state index contributed by atoms with van der Waals surface area (Å²) in [6.07, 6.45) is 0. The van der Waals surface area contributed by atoms with Gasteiger partial charge in [0.2, 0.25) is 5.91 Å². The van der Waals surface area contributed by atoms with Gasteiger partial charge < -0.3 is 15.4 Å². The van der Waals surface area contributed by atoms with Crippen molar-refractivity contribution < 1.29 is 19.1 Å². The van der Waals surface area contributed by atoms with Crippen LogP contribution in [0.4, 0.5) is 10.5 Å². The molecule has 148 valence electrons. The lowest BCUT2D eigenvalue weighted by Gasteiger charge is -2.32. The molecule has 0 aliphatic carbocycles. The van der Waals surface area contributed by atoms with E-state index in [1.807, 2.05) is 0 Å². The van der Waals surface area contributed by atoms with Crippen LogP contribution >= 0.6 is 23.2 Å². The first-order chi connectivity index (χ1) is 13.9. The molecule has 0 bridgehead atoms. The largest absolute Gasteiger partial charge is 0.456 e. The highest BCUT2D eigenvalue weighted by Crippen LogP contribution is 2.35. The fourth-order valence-electron chi connectivity index (χ4n) is 3.31. The number of halogens is 2. The van der Waals surface area contributed by atoms with Crippen molar-refractivity contribution in [2.75, 3.05) is 18.5 Å². The number of para-hydroxylation sites is 1. The average molecular weight is 432 g/mol. The fraction of sp³-hybridized carbons (Fsp3) is 0.150. The van der Waals surface area contributed by atoms with Gasteiger partial charge >= 0.3 is 12.0 Å². The summed E-state index contributed by atoms with van der Waals surface area (Å²) in [5.74, 6) is -0.998. The average Bonchev–Trinajstić information content (AvgIpc) is 3.07. The van der Waals surface area contributed by atoms with Crippen molar-refractivity contribution in [1.29, 1.82) is 0 Å². The number of urea groups is 1. The lowest BCUT2D eigenvalue weighted by atomic mass is 9.96. The normalized spacial score (nSPS) is 18.3. The van der Waals surface area contributed by atoms with Crippen LogP contribution in [0.5, 0.6) is 0 Å². The summed E-state index contributed by atoms with van der Waals surface area (Å²) < 4.78 is 5.15. The summed E-state index contributed by atoms with van der Waals surface area (Å²) in [6, 6.07) is 12.4. The number of benzene rings is 2. The Labute approximate surface area is 176 Å². The highest BCUT2D eigenvalue weighted by molar-refractivity contribution is 6.33. The van der Waals surface area contributed by atoms with Crippen molar-refractivity contribution in [3.63, 3.8) is 0 Å². The summed E-state index contributed by atoms with van der Waals surface area (Å²) in [5.41, 5.74) is 1.73. The minimum absolute atomic E-state index is 0.0853. The van der Waals surface area contributed by atoms with E-state index in [1.165, 1.54) is 4.90 Å². The van der Waals surface area contributed by atoms with Crippen molar-refractivity contribution in [2.24, 2.45) is 0 Å². The molecule has 1 atom stereocenters. The van der Waals surface area contributed by atoms with Crippen molar-refractivity contribution >= 4 is 46.8 Å². The zero-order valence-electron chi connectivity index (χ0n) is 14.9. The van der Waals surface area contributed by atoms with Gasteiger partial charge in [0.1, 0.15) is 13.2 Å². The van der Waals surface area contributed by atoms with E-state index in [1.54, 1.807) is 48.5 Å². The molecule has 2 aromatic carbocycles. The van der Waals surface area contributed by atoms with Crippen LogP contribution in [0.3, 0.4) is 0 Å². The number of carbonyl (C=O) groups excluding carboxylic acids is 3. The second-order valence-corrected chi connectivity index (χ2v) is 7.33. The van der Waals surface area contributed by atoms with Crippen LogP contribution in [0.1, 0.15) is 11.6 Å². The number of esters is 1. The van der Waals surface area contributed by atoms with Crippen LogP contribution in [-0.4, -0.2) is 36.0 Å². The molecule has 2 aromatic rings. The third-order valence-electron chi connectivity index (χ3n) is 4.63. The molecule has 4 rings (SSSR count). The number of nitrogens with zero attached hydrogens (tertiary/aromatic N) is 1. The molecule has 7 nitrogen and oxygen atoms in total. The Kier molecular flexibility index (Phi) is 5.17. The fourth-order valence-corrected chi connectivity index (χ4v) is 3.69. The van der Waals surface area contributed by atoms with E-state index in [0.29, 0.717) is 27.0 Å². The Hall–Kier alpha value is -3.03. The van der Waals surface area contributed by atoms with E-state index in [4.69, 9.17) is 27.9 Å². The standard InChI is InChI=1S/C20H15Cl2N3O4/c21-12-5-3-4-11(8-12)18-17-15(10-29-19(17)27)25(20(28)24-18)9-16(26)23-14-7-2-1-6-13(14)22/h1-8,18H,9-10H2,(H,23,26)(H,24,28)/t18-/m0/s1. The number of anilines is 1. The summed E-state index contributed by atoms with van der Waals surface area (Å²) in [5, 5.41) is 6.27. The highest BCUT2D eigenvalue weighted by Gasteiger charge is 2.42. The Morgan fingerprint density at radius 1 is 1.17 bits per heavy atom. The SMILES string of the molecule is O=C(CN1C(=O)N[C@@H](c2cccc(Cl)c2)C2=C1COC2=O)Nc1ccccc1Cl. The van der Waals surface area contributed by atoms with E-state index in [-0.39, 0.29) is 18.7 Å². The first kappa shape index (κ1) is 19.3. The summed E-state index contributed by atoms with van der Waals surface area (Å²) in [6.45, 7) is -0.382. The van der Waals surface area contributed by atoms with Gasteiger partial charge in [-0.2, -0.15) is 0 Å². The third-order valence-corrected chi connectivity index (χ3v) is 5.19. The summed E-state index contributed by atoms with van der Waals surface area (Å²) >= 11 is 12.1. The van der Waals surface area contributed by atoms with Crippen LogP contribution in [0.2, 0.25) is 10.0 Å². The Bertz CT molecular complexity index is 1050. The van der Waals surface area contributed by atoms with Crippen LogP contribution in [-0.2, 0) is 14.3 Å². The van der Waals surface area contributed by atoms with Gasteiger partial charge in [-0.3, -0.25) is 9.69 Å². The van der Waals surface area contributed by atoms with Crippen LogP contribution in [0.15, 0.2) is 59.8 Å². The molecular formula is C20H15Cl2N3O4. The Morgan fingerprint density at radius 2 is 1.97 bits per heavy atom. The molecule has 9 heteroatoms. The minimum Gasteiger partial charge on any atom is -0.456 e. The quantitative estimate of drug-likeness (QED) is 0.724. The number of rotatable bonds is 4. The van der Waals surface area contributed by atoms with Crippen LogP contribution in [0, 0.1) is 0 Å². The van der Waals surface area contributed by atoms with Gasteiger partial charge in [0, 0.05) is 5.02 Å². The molecule has 0 radical (unpaired) electrons.